The average molecular weight is 281 g/mol. The van der Waals surface area contributed by atoms with Crippen LogP contribution in [0.25, 0.3) is 0 Å². The zero-order chi connectivity index (χ0) is 14.3. The van der Waals surface area contributed by atoms with Crippen molar-refractivity contribution in [1.82, 2.24) is 5.32 Å². The van der Waals surface area contributed by atoms with Crippen LogP contribution < -0.4 is 5.32 Å². The van der Waals surface area contributed by atoms with Gasteiger partial charge in [0.05, 0.1) is 11.9 Å². The Morgan fingerprint density at radius 3 is 2.79 bits per heavy atom. The predicted molar refractivity (Wildman–Crippen MR) is 81.2 cm³/mol. The van der Waals surface area contributed by atoms with E-state index in [9.17, 15) is 9.90 Å². The highest BCUT2D eigenvalue weighted by atomic mass is 32.2. The van der Waals surface area contributed by atoms with Crippen molar-refractivity contribution in [1.29, 1.82) is 0 Å². The minimum Gasteiger partial charge on any atom is -0.393 e. The molecule has 19 heavy (non-hydrogen) atoms. The van der Waals surface area contributed by atoms with Crippen molar-refractivity contribution in [3.05, 3.63) is 35.4 Å². The van der Waals surface area contributed by atoms with E-state index in [0.29, 0.717) is 12.2 Å². The second-order valence-electron chi connectivity index (χ2n) is 5.04. The molecule has 0 saturated heterocycles. The van der Waals surface area contributed by atoms with Crippen molar-refractivity contribution >= 4 is 17.7 Å². The van der Waals surface area contributed by atoms with Crippen LogP contribution in [0.1, 0.15) is 31.4 Å². The smallest absolute Gasteiger partial charge is 0.230 e. The van der Waals surface area contributed by atoms with Gasteiger partial charge >= 0.3 is 0 Å². The molecule has 0 heterocycles. The van der Waals surface area contributed by atoms with Crippen LogP contribution in [0.4, 0.5) is 0 Å². The SMILES string of the molecule is Cc1cccc(CSCC(=O)NC(C)CC(C)O)c1. The Kier molecular flexibility index (Phi) is 6.95. The van der Waals surface area contributed by atoms with Gasteiger partial charge in [-0.1, -0.05) is 29.8 Å². The van der Waals surface area contributed by atoms with E-state index in [1.165, 1.54) is 11.1 Å². The summed E-state index contributed by atoms with van der Waals surface area (Å²) in [7, 11) is 0. The first kappa shape index (κ1) is 16.1. The molecule has 3 nitrogen and oxygen atoms in total. The van der Waals surface area contributed by atoms with Crippen molar-refractivity contribution in [3.63, 3.8) is 0 Å². The summed E-state index contributed by atoms with van der Waals surface area (Å²) in [5, 5.41) is 12.1. The first-order valence-electron chi connectivity index (χ1n) is 6.58. The highest BCUT2D eigenvalue weighted by molar-refractivity contribution is 7.99. The molecule has 2 unspecified atom stereocenters. The minimum atomic E-state index is -0.379. The zero-order valence-electron chi connectivity index (χ0n) is 11.8. The molecular formula is C15H23NO2S. The Labute approximate surface area is 119 Å². The summed E-state index contributed by atoms with van der Waals surface area (Å²) in [6.07, 6.45) is 0.212. The Bertz CT molecular complexity index is 407. The van der Waals surface area contributed by atoms with Crippen LogP contribution in [0.3, 0.4) is 0 Å². The molecule has 1 aromatic rings. The molecule has 0 aliphatic heterocycles. The van der Waals surface area contributed by atoms with Gasteiger partial charge in [-0.25, -0.2) is 0 Å². The third kappa shape index (κ3) is 7.23. The first-order chi connectivity index (χ1) is 8.97. The lowest BCUT2D eigenvalue weighted by Gasteiger charge is -2.15. The molecule has 0 aromatic heterocycles. The molecule has 4 heteroatoms. The largest absolute Gasteiger partial charge is 0.393 e. The fourth-order valence-electron chi connectivity index (χ4n) is 1.95. The Morgan fingerprint density at radius 1 is 1.42 bits per heavy atom. The number of hydrogen-bond acceptors (Lipinski definition) is 3. The molecular weight excluding hydrogens is 258 g/mol. The van der Waals surface area contributed by atoms with Gasteiger partial charge in [0, 0.05) is 11.8 Å². The lowest BCUT2D eigenvalue weighted by molar-refractivity contribution is -0.119. The van der Waals surface area contributed by atoms with E-state index in [4.69, 9.17) is 0 Å². The average Bonchev–Trinajstić information content (AvgIpc) is 2.27. The Hall–Kier alpha value is -1.00. The molecule has 0 fully saturated rings. The van der Waals surface area contributed by atoms with Gasteiger partial charge in [0.2, 0.25) is 5.91 Å². The number of aliphatic hydroxyl groups excluding tert-OH is 1. The van der Waals surface area contributed by atoms with Crippen LogP contribution >= 0.6 is 11.8 Å². The third-order valence-electron chi connectivity index (χ3n) is 2.69. The third-order valence-corrected chi connectivity index (χ3v) is 3.69. The summed E-state index contributed by atoms with van der Waals surface area (Å²) in [6, 6.07) is 8.34. The van der Waals surface area contributed by atoms with E-state index >= 15 is 0 Å². The predicted octanol–water partition coefficient (Wildman–Crippen LogP) is 2.50. The summed E-state index contributed by atoms with van der Waals surface area (Å²) in [5.74, 6) is 1.34. The van der Waals surface area contributed by atoms with E-state index in [2.05, 4.69) is 30.4 Å². The molecule has 1 aromatic carbocycles. The normalized spacial score (nSPS) is 13.9. The fraction of sp³-hybridized carbons (Fsp3) is 0.533. The number of benzene rings is 1. The van der Waals surface area contributed by atoms with Gasteiger partial charge in [0.25, 0.3) is 0 Å². The highest BCUT2D eigenvalue weighted by Crippen LogP contribution is 2.13. The van der Waals surface area contributed by atoms with Gasteiger partial charge < -0.3 is 10.4 Å². The van der Waals surface area contributed by atoms with Gasteiger partial charge in [-0.3, -0.25) is 4.79 Å². The second kappa shape index (κ2) is 8.23. The molecule has 0 radical (unpaired) electrons. The molecule has 0 aliphatic carbocycles. The summed E-state index contributed by atoms with van der Waals surface area (Å²) in [5.41, 5.74) is 2.49. The lowest BCUT2D eigenvalue weighted by atomic mass is 10.1. The van der Waals surface area contributed by atoms with Crippen molar-refractivity contribution in [2.75, 3.05) is 5.75 Å². The van der Waals surface area contributed by atoms with Crippen molar-refractivity contribution in [3.8, 4) is 0 Å². The zero-order valence-corrected chi connectivity index (χ0v) is 12.7. The van der Waals surface area contributed by atoms with E-state index in [0.717, 1.165) is 5.75 Å². The van der Waals surface area contributed by atoms with Gasteiger partial charge in [-0.05, 0) is 32.8 Å². The number of aryl methyl sites for hydroxylation is 1. The van der Waals surface area contributed by atoms with Crippen molar-refractivity contribution in [2.24, 2.45) is 0 Å². The monoisotopic (exact) mass is 281 g/mol. The number of carbonyl (C=O) groups excluding carboxylic acids is 1. The number of aliphatic hydroxyl groups is 1. The summed E-state index contributed by atoms with van der Waals surface area (Å²) >= 11 is 1.61. The van der Waals surface area contributed by atoms with Crippen LogP contribution in [0.15, 0.2) is 24.3 Å². The standard InChI is InChI=1S/C15H23NO2S/c1-11-5-4-6-14(7-11)9-19-10-15(18)16-12(2)8-13(3)17/h4-7,12-13,17H,8-10H2,1-3H3,(H,16,18). The van der Waals surface area contributed by atoms with Gasteiger partial charge in [-0.15, -0.1) is 11.8 Å². The van der Waals surface area contributed by atoms with Crippen molar-refractivity contribution < 1.29 is 9.90 Å². The number of nitrogens with one attached hydrogen (secondary N) is 1. The number of amides is 1. The molecule has 0 bridgehead atoms. The molecule has 1 amide bonds. The number of rotatable bonds is 7. The molecule has 106 valence electrons. The summed E-state index contributed by atoms with van der Waals surface area (Å²) in [4.78, 5) is 11.7. The second-order valence-corrected chi connectivity index (χ2v) is 6.02. The number of carbonyl (C=O) groups is 1. The van der Waals surface area contributed by atoms with Gasteiger partial charge in [-0.2, -0.15) is 0 Å². The lowest BCUT2D eigenvalue weighted by Crippen LogP contribution is -2.35. The summed E-state index contributed by atoms with van der Waals surface area (Å²) in [6.45, 7) is 5.71. The maximum atomic E-state index is 11.7. The van der Waals surface area contributed by atoms with E-state index in [1.807, 2.05) is 13.0 Å². The van der Waals surface area contributed by atoms with E-state index < -0.39 is 0 Å². The number of hydrogen-bond donors (Lipinski definition) is 2. The molecule has 0 saturated carbocycles. The van der Waals surface area contributed by atoms with E-state index in [1.54, 1.807) is 18.7 Å². The summed E-state index contributed by atoms with van der Waals surface area (Å²) < 4.78 is 0. The maximum absolute atomic E-state index is 11.7. The molecule has 0 spiro atoms. The van der Waals surface area contributed by atoms with Crippen LogP contribution in [0.5, 0.6) is 0 Å². The van der Waals surface area contributed by atoms with Crippen molar-refractivity contribution in [2.45, 2.75) is 45.1 Å². The quantitative estimate of drug-likeness (QED) is 0.807. The minimum absolute atomic E-state index is 0.0204. The number of thioether (sulfide) groups is 1. The van der Waals surface area contributed by atoms with Crippen LogP contribution in [0.2, 0.25) is 0 Å². The highest BCUT2D eigenvalue weighted by Gasteiger charge is 2.09. The molecule has 2 atom stereocenters. The van der Waals surface area contributed by atoms with Gasteiger partial charge in [0.15, 0.2) is 0 Å². The van der Waals surface area contributed by atoms with Crippen LogP contribution in [-0.4, -0.2) is 28.9 Å². The Morgan fingerprint density at radius 2 is 2.16 bits per heavy atom. The van der Waals surface area contributed by atoms with E-state index in [-0.39, 0.29) is 18.1 Å². The van der Waals surface area contributed by atoms with Gasteiger partial charge in [0.1, 0.15) is 0 Å². The van der Waals surface area contributed by atoms with Crippen LogP contribution in [-0.2, 0) is 10.5 Å². The maximum Gasteiger partial charge on any atom is 0.230 e. The van der Waals surface area contributed by atoms with Crippen LogP contribution in [0, 0.1) is 6.92 Å². The first-order valence-corrected chi connectivity index (χ1v) is 7.73. The molecule has 2 N–H and O–H groups in total. The topological polar surface area (TPSA) is 49.3 Å². The fourth-order valence-corrected chi connectivity index (χ4v) is 2.74. The molecule has 0 aliphatic rings. The molecule has 1 rings (SSSR count). The Balaban J connectivity index is 2.23.